The van der Waals surface area contributed by atoms with Crippen molar-refractivity contribution >= 4 is 17.7 Å². The number of thioether (sulfide) groups is 1. The van der Waals surface area contributed by atoms with E-state index in [1.807, 2.05) is 6.92 Å². The molecule has 110 valence electrons. The van der Waals surface area contributed by atoms with E-state index in [4.69, 9.17) is 0 Å². The lowest BCUT2D eigenvalue weighted by molar-refractivity contribution is -0.148. The largest absolute Gasteiger partial charge is 0.481 e. The average molecular weight is 297 g/mol. The highest BCUT2D eigenvalue weighted by molar-refractivity contribution is 7.99. The topological polar surface area (TPSA) is 40.5 Å². The van der Waals surface area contributed by atoms with Crippen molar-refractivity contribution in [2.75, 3.05) is 25.4 Å². The third-order valence-electron chi connectivity index (χ3n) is 4.05. The summed E-state index contributed by atoms with van der Waals surface area (Å²) in [6.45, 7) is 4.31. The molecular formula is C15H20FNO2S. The fraction of sp³-hybridized carbons (Fsp3) is 0.533. The van der Waals surface area contributed by atoms with E-state index in [2.05, 4.69) is 4.90 Å². The maximum Gasteiger partial charge on any atom is 0.310 e. The monoisotopic (exact) mass is 297 g/mol. The van der Waals surface area contributed by atoms with E-state index in [1.165, 1.54) is 12.1 Å². The van der Waals surface area contributed by atoms with E-state index < -0.39 is 11.4 Å². The van der Waals surface area contributed by atoms with Crippen LogP contribution in [0.5, 0.6) is 0 Å². The molecule has 1 aliphatic heterocycles. The van der Waals surface area contributed by atoms with Gasteiger partial charge in [0.1, 0.15) is 5.82 Å². The van der Waals surface area contributed by atoms with E-state index >= 15 is 0 Å². The van der Waals surface area contributed by atoms with Crippen LogP contribution in [0.25, 0.3) is 0 Å². The third kappa shape index (κ3) is 3.52. The second-order valence-corrected chi connectivity index (χ2v) is 6.44. The number of nitrogens with zero attached hydrogens (tertiary/aromatic N) is 1. The molecular weight excluding hydrogens is 277 g/mol. The molecule has 1 unspecified atom stereocenters. The van der Waals surface area contributed by atoms with Crippen LogP contribution in [-0.4, -0.2) is 41.4 Å². The standard InChI is InChI=1S/C15H20FNO2S/c1-2-15(14(18)19)7-8-17(11-15)9-10-20-13-5-3-12(16)4-6-13/h3-6H,2,7-11H2,1H3,(H,18,19). The molecule has 0 bridgehead atoms. The van der Waals surface area contributed by atoms with Gasteiger partial charge in [-0.25, -0.2) is 4.39 Å². The maximum absolute atomic E-state index is 12.8. The van der Waals surface area contributed by atoms with Crippen LogP contribution in [-0.2, 0) is 4.79 Å². The van der Waals surface area contributed by atoms with E-state index in [1.54, 1.807) is 23.9 Å². The van der Waals surface area contributed by atoms with Gasteiger partial charge in [-0.05, 0) is 43.7 Å². The first kappa shape index (κ1) is 15.3. The Morgan fingerprint density at radius 2 is 2.15 bits per heavy atom. The predicted molar refractivity (Wildman–Crippen MR) is 78.5 cm³/mol. The molecule has 2 rings (SSSR count). The Hall–Kier alpha value is -1.07. The maximum atomic E-state index is 12.8. The van der Waals surface area contributed by atoms with Crippen molar-refractivity contribution in [3.63, 3.8) is 0 Å². The summed E-state index contributed by atoms with van der Waals surface area (Å²) < 4.78 is 12.8. The minimum absolute atomic E-state index is 0.219. The minimum Gasteiger partial charge on any atom is -0.481 e. The first-order valence-electron chi connectivity index (χ1n) is 6.90. The lowest BCUT2D eigenvalue weighted by Crippen LogP contribution is -2.34. The number of halogens is 1. The highest BCUT2D eigenvalue weighted by Gasteiger charge is 2.42. The Kier molecular flexibility index (Phi) is 5.05. The van der Waals surface area contributed by atoms with E-state index in [0.29, 0.717) is 13.0 Å². The number of likely N-dealkylation sites (tertiary alicyclic amines) is 1. The molecule has 20 heavy (non-hydrogen) atoms. The molecule has 1 aliphatic rings. The molecule has 0 spiro atoms. The van der Waals surface area contributed by atoms with Gasteiger partial charge >= 0.3 is 5.97 Å². The van der Waals surface area contributed by atoms with Gasteiger partial charge in [0.2, 0.25) is 0 Å². The summed E-state index contributed by atoms with van der Waals surface area (Å²) in [7, 11) is 0. The Morgan fingerprint density at radius 1 is 1.45 bits per heavy atom. The number of carboxylic acid groups (broad SMARTS) is 1. The summed E-state index contributed by atoms with van der Waals surface area (Å²) in [6, 6.07) is 6.48. The molecule has 0 radical (unpaired) electrons. The van der Waals surface area contributed by atoms with Crippen molar-refractivity contribution in [2.24, 2.45) is 5.41 Å². The van der Waals surface area contributed by atoms with Crippen molar-refractivity contribution in [2.45, 2.75) is 24.7 Å². The Bertz CT molecular complexity index is 465. The third-order valence-corrected chi connectivity index (χ3v) is 5.05. The van der Waals surface area contributed by atoms with Crippen molar-refractivity contribution in [3.05, 3.63) is 30.1 Å². The first-order valence-corrected chi connectivity index (χ1v) is 7.88. The van der Waals surface area contributed by atoms with Crippen LogP contribution in [0.2, 0.25) is 0 Å². The van der Waals surface area contributed by atoms with Crippen LogP contribution < -0.4 is 0 Å². The molecule has 1 saturated heterocycles. The quantitative estimate of drug-likeness (QED) is 0.819. The molecule has 3 nitrogen and oxygen atoms in total. The number of hydrogen-bond acceptors (Lipinski definition) is 3. The van der Waals surface area contributed by atoms with Crippen molar-refractivity contribution in [1.29, 1.82) is 0 Å². The average Bonchev–Trinajstić information content (AvgIpc) is 2.86. The molecule has 0 aromatic heterocycles. The van der Waals surface area contributed by atoms with Gasteiger partial charge in [0.05, 0.1) is 5.41 Å². The van der Waals surface area contributed by atoms with Gasteiger partial charge < -0.3 is 10.0 Å². The van der Waals surface area contributed by atoms with Gasteiger partial charge in [-0.15, -0.1) is 11.8 Å². The smallest absolute Gasteiger partial charge is 0.310 e. The molecule has 1 atom stereocenters. The predicted octanol–water partition coefficient (Wildman–Crippen LogP) is 3.10. The van der Waals surface area contributed by atoms with Crippen LogP contribution in [0.4, 0.5) is 4.39 Å². The highest BCUT2D eigenvalue weighted by Crippen LogP contribution is 2.34. The second kappa shape index (κ2) is 6.59. The molecule has 0 amide bonds. The number of benzene rings is 1. The van der Waals surface area contributed by atoms with Crippen LogP contribution in [0.3, 0.4) is 0 Å². The van der Waals surface area contributed by atoms with Crippen molar-refractivity contribution < 1.29 is 14.3 Å². The normalized spacial score (nSPS) is 23.1. The van der Waals surface area contributed by atoms with Gasteiger partial charge in [-0.3, -0.25) is 4.79 Å². The van der Waals surface area contributed by atoms with E-state index in [0.717, 1.165) is 30.2 Å². The van der Waals surface area contributed by atoms with Crippen molar-refractivity contribution in [3.8, 4) is 0 Å². The van der Waals surface area contributed by atoms with Crippen LogP contribution >= 0.6 is 11.8 Å². The van der Waals surface area contributed by atoms with Gasteiger partial charge in [0, 0.05) is 23.7 Å². The second-order valence-electron chi connectivity index (χ2n) is 5.27. The molecule has 1 N–H and O–H groups in total. The van der Waals surface area contributed by atoms with Gasteiger partial charge in [-0.2, -0.15) is 0 Å². The van der Waals surface area contributed by atoms with Crippen LogP contribution in [0.15, 0.2) is 29.2 Å². The summed E-state index contributed by atoms with van der Waals surface area (Å²) in [6.07, 6.45) is 1.42. The van der Waals surface area contributed by atoms with Gasteiger partial charge in [-0.1, -0.05) is 6.92 Å². The number of hydrogen-bond donors (Lipinski definition) is 1. The Labute approximate surface area is 123 Å². The molecule has 1 aromatic carbocycles. The van der Waals surface area contributed by atoms with Crippen LogP contribution in [0.1, 0.15) is 19.8 Å². The Morgan fingerprint density at radius 3 is 2.70 bits per heavy atom. The fourth-order valence-corrected chi connectivity index (χ4v) is 3.50. The zero-order valence-electron chi connectivity index (χ0n) is 11.6. The molecule has 0 saturated carbocycles. The van der Waals surface area contributed by atoms with E-state index in [9.17, 15) is 14.3 Å². The van der Waals surface area contributed by atoms with Crippen molar-refractivity contribution in [1.82, 2.24) is 4.90 Å². The summed E-state index contributed by atoms with van der Waals surface area (Å²) in [5, 5.41) is 9.34. The first-order chi connectivity index (χ1) is 9.55. The molecule has 5 heteroatoms. The molecule has 0 aliphatic carbocycles. The zero-order valence-corrected chi connectivity index (χ0v) is 12.5. The zero-order chi connectivity index (χ0) is 14.6. The summed E-state index contributed by atoms with van der Waals surface area (Å²) in [5.74, 6) is 0.00201. The van der Waals surface area contributed by atoms with E-state index in [-0.39, 0.29) is 5.82 Å². The Balaban J connectivity index is 1.78. The number of carbonyl (C=O) groups is 1. The molecule has 1 aromatic rings. The van der Waals surface area contributed by atoms with Crippen LogP contribution in [0, 0.1) is 11.2 Å². The van der Waals surface area contributed by atoms with Gasteiger partial charge in [0.25, 0.3) is 0 Å². The lowest BCUT2D eigenvalue weighted by Gasteiger charge is -2.23. The summed E-state index contributed by atoms with van der Waals surface area (Å²) in [4.78, 5) is 14.6. The highest BCUT2D eigenvalue weighted by atomic mass is 32.2. The summed E-state index contributed by atoms with van der Waals surface area (Å²) >= 11 is 1.68. The number of carboxylic acids is 1. The number of rotatable bonds is 6. The summed E-state index contributed by atoms with van der Waals surface area (Å²) in [5.41, 5.74) is -0.555. The van der Waals surface area contributed by atoms with Gasteiger partial charge in [0.15, 0.2) is 0 Å². The SMILES string of the molecule is CCC1(C(=O)O)CCN(CCSc2ccc(F)cc2)C1. The molecule has 1 heterocycles. The number of aliphatic carboxylic acids is 1. The lowest BCUT2D eigenvalue weighted by atomic mass is 9.84. The molecule has 1 fully saturated rings. The fourth-order valence-electron chi connectivity index (χ4n) is 2.59. The minimum atomic E-state index is -0.673.